The summed E-state index contributed by atoms with van der Waals surface area (Å²) in [6.07, 6.45) is 9.87. The van der Waals surface area contributed by atoms with Gasteiger partial charge in [0.15, 0.2) is 0 Å². The molecule has 4 rings (SSSR count). The predicted molar refractivity (Wildman–Crippen MR) is 221 cm³/mol. The van der Waals surface area contributed by atoms with Crippen LogP contribution in [0.1, 0.15) is 37.2 Å². The Hall–Kier alpha value is -1.97. The zero-order valence-electron chi connectivity index (χ0n) is 27.4. The van der Waals surface area contributed by atoms with E-state index in [0.717, 1.165) is 56.4 Å². The third kappa shape index (κ3) is 8.14. The van der Waals surface area contributed by atoms with Crippen molar-refractivity contribution in [1.29, 1.82) is 0 Å². The summed E-state index contributed by atoms with van der Waals surface area (Å²) in [5.41, 5.74) is 16.9. The Balaban J connectivity index is 1.42. The summed E-state index contributed by atoms with van der Waals surface area (Å²) in [4.78, 5) is 0. The molecule has 1 fully saturated rings. The molecule has 3 aromatic rings. The number of benzene rings is 3. The number of hydrogen-bond acceptors (Lipinski definition) is 3. The van der Waals surface area contributed by atoms with Crippen LogP contribution in [0.15, 0.2) is 66.7 Å². The molecular formula is C24H41B15N2O. The van der Waals surface area contributed by atoms with Crippen LogP contribution in [0.4, 0.5) is 11.4 Å². The van der Waals surface area contributed by atoms with Gasteiger partial charge in [0.2, 0.25) is 0 Å². The lowest BCUT2D eigenvalue weighted by molar-refractivity contribution is 0.442. The Morgan fingerprint density at radius 2 is 0.976 bits per heavy atom. The van der Waals surface area contributed by atoms with Crippen molar-refractivity contribution in [3.8, 4) is 22.6 Å². The summed E-state index contributed by atoms with van der Waals surface area (Å²) in [5, 5.41) is 0. The van der Waals surface area contributed by atoms with E-state index in [-0.39, 0.29) is 0 Å². The van der Waals surface area contributed by atoms with Crippen LogP contribution in [-0.4, -0.2) is 107 Å². The van der Waals surface area contributed by atoms with Crippen LogP contribution in [0, 0.1) is 0 Å². The first-order chi connectivity index (χ1) is 19.9. The van der Waals surface area contributed by atoms with E-state index in [1.807, 2.05) is 12.1 Å². The maximum Gasteiger partial charge on any atom is 0.131 e. The highest BCUT2D eigenvalue weighted by Gasteiger charge is 2.46. The van der Waals surface area contributed by atoms with Gasteiger partial charge in [-0.3, -0.25) is 0 Å². The van der Waals surface area contributed by atoms with Gasteiger partial charge in [-0.1, -0.05) is 55.1 Å². The summed E-state index contributed by atoms with van der Waals surface area (Å²) < 4.78 is 5.98. The first kappa shape index (κ1) is 32.9. The predicted octanol–water partition coefficient (Wildman–Crippen LogP) is -3.69. The van der Waals surface area contributed by atoms with E-state index in [2.05, 4.69) is 98.3 Å². The van der Waals surface area contributed by atoms with Crippen molar-refractivity contribution in [2.24, 2.45) is 0 Å². The molecule has 3 nitrogen and oxygen atoms in total. The van der Waals surface area contributed by atoms with E-state index >= 15 is 0 Å². The molecule has 1 saturated carbocycles. The Morgan fingerprint density at radius 3 is 1.40 bits per heavy atom. The smallest absolute Gasteiger partial charge is 0.131 e. The molecule has 0 unspecified atom stereocenters. The third-order valence-corrected chi connectivity index (χ3v) is 10.0. The average molecular weight is 536 g/mol. The van der Waals surface area contributed by atoms with Crippen LogP contribution in [0.25, 0.3) is 11.1 Å². The first-order valence-electron chi connectivity index (χ1n) is 16.5. The zero-order chi connectivity index (χ0) is 30.6. The Labute approximate surface area is 265 Å². The minimum absolute atomic E-state index is 0.598. The number of anilines is 2. The van der Waals surface area contributed by atoms with Gasteiger partial charge in [0, 0.05) is 68.3 Å². The monoisotopic (exact) mass is 538 g/mol. The maximum absolute atomic E-state index is 5.98. The van der Waals surface area contributed by atoms with Crippen LogP contribution >= 0.6 is 0 Å². The minimum Gasteiger partial charge on any atom is -0.457 e. The Kier molecular flexibility index (Phi) is 11.5. The molecule has 0 heterocycles. The molecule has 0 atom stereocenters. The summed E-state index contributed by atoms with van der Waals surface area (Å²) >= 11 is 0. The van der Waals surface area contributed by atoms with Crippen LogP contribution in [-0.2, 0) is 0 Å². The second kappa shape index (κ2) is 14.7. The lowest BCUT2D eigenvalue weighted by Crippen LogP contribution is -2.75. The Morgan fingerprint density at radius 1 is 0.548 bits per heavy atom. The first-order valence-corrected chi connectivity index (χ1v) is 16.5. The zero-order valence-corrected chi connectivity index (χ0v) is 27.4. The number of hydrogen-bond donors (Lipinski definition) is 2. The lowest BCUT2D eigenvalue weighted by Gasteiger charge is -2.44. The van der Waals surface area contributed by atoms with Crippen LogP contribution < -0.4 is 16.2 Å². The molecule has 42 heavy (non-hydrogen) atoms. The number of nitrogen functional groups attached to an aromatic ring is 2. The highest BCUT2D eigenvalue weighted by molar-refractivity contribution is 8.08. The van der Waals surface area contributed by atoms with Crippen molar-refractivity contribution in [3.05, 3.63) is 72.3 Å². The third-order valence-electron chi connectivity index (χ3n) is 10.0. The van der Waals surface area contributed by atoms with Gasteiger partial charge in [0.05, 0.1) is 61.9 Å². The van der Waals surface area contributed by atoms with Crippen molar-refractivity contribution in [2.75, 3.05) is 11.5 Å². The summed E-state index contributed by atoms with van der Waals surface area (Å²) in [7, 11) is 19.8. The quantitative estimate of drug-likeness (QED) is 0.196. The molecule has 4 N–H and O–H groups in total. The normalized spacial score (nSPS) is 16.2. The largest absolute Gasteiger partial charge is 0.457 e. The standard InChI is InChI=1S/C24H41B15N2O/c25-34(26)38(35(27)28)33(39(36(29)30)37(31)32)20-9-5-18(6-10-20)16-1-3-17(4-2-16)19-7-11-23(12-8-19)42-24-14-21(40)13-22(41)15-24/h1-4,7-8,11-15,18,20H,5-6,9-10,25-32,40-41H2. The second-order valence-electron chi connectivity index (χ2n) is 14.4. The molecule has 18 heteroatoms. The van der Waals surface area contributed by atoms with Gasteiger partial charge in [0.1, 0.15) is 11.5 Å². The van der Waals surface area contributed by atoms with Crippen LogP contribution in [0.3, 0.4) is 0 Å². The fourth-order valence-electron chi connectivity index (χ4n) is 8.54. The van der Waals surface area contributed by atoms with E-state index in [1.54, 1.807) is 18.2 Å². The van der Waals surface area contributed by atoms with Gasteiger partial charge < -0.3 is 16.2 Å². The minimum atomic E-state index is 0.598. The molecule has 0 radical (unpaired) electrons. The van der Waals surface area contributed by atoms with E-state index in [4.69, 9.17) is 16.2 Å². The number of rotatable bonds is 11. The summed E-state index contributed by atoms with van der Waals surface area (Å²) in [5.74, 6) is 2.93. The van der Waals surface area contributed by atoms with Crippen LogP contribution in [0.2, 0.25) is 5.82 Å². The molecular weight excluding hydrogens is 494 g/mol. The topological polar surface area (TPSA) is 61.3 Å². The van der Waals surface area contributed by atoms with Gasteiger partial charge in [-0.15, -0.1) is 0 Å². The van der Waals surface area contributed by atoms with Gasteiger partial charge in [-0.05, 0) is 53.6 Å². The van der Waals surface area contributed by atoms with Gasteiger partial charge in [-0.2, -0.15) is 0 Å². The molecule has 0 aliphatic heterocycles. The van der Waals surface area contributed by atoms with Gasteiger partial charge >= 0.3 is 0 Å². The van der Waals surface area contributed by atoms with Crippen molar-refractivity contribution < 1.29 is 4.74 Å². The van der Waals surface area contributed by atoms with Crippen molar-refractivity contribution in [3.63, 3.8) is 0 Å². The second-order valence-corrected chi connectivity index (χ2v) is 14.4. The highest BCUT2D eigenvalue weighted by atomic mass is 16.5. The van der Waals surface area contributed by atoms with E-state index in [1.165, 1.54) is 42.4 Å². The van der Waals surface area contributed by atoms with Crippen molar-refractivity contribution in [2.45, 2.75) is 37.4 Å². The van der Waals surface area contributed by atoms with Crippen molar-refractivity contribution >= 4 is 118 Å². The highest BCUT2D eigenvalue weighted by Crippen LogP contribution is 2.41. The SMILES string of the molecule is BB(B)B(B(B)B)B(B(B(B)B)B(B)B)C1CCC(c2ccc(-c3ccc(Oc4cc(N)cc(N)c4)cc3)cc2)CC1. The van der Waals surface area contributed by atoms with E-state index in [0.29, 0.717) is 23.0 Å². The number of nitrogens with two attached hydrogens (primary N) is 2. The molecule has 198 valence electrons. The maximum atomic E-state index is 5.98. The molecule has 0 aromatic heterocycles. The molecule has 0 bridgehead atoms. The molecule has 1 aliphatic carbocycles. The average Bonchev–Trinajstić information content (AvgIpc) is 2.92. The molecule has 1 aliphatic rings. The fraction of sp³-hybridized carbons (Fsp3) is 0.250. The van der Waals surface area contributed by atoms with Crippen LogP contribution in [0.5, 0.6) is 11.5 Å². The number of ether oxygens (including phenoxy) is 1. The molecule has 0 saturated heterocycles. The summed E-state index contributed by atoms with van der Waals surface area (Å²) in [6.45, 7) is 0.817. The molecule has 0 amide bonds. The molecule has 3 aromatic carbocycles. The van der Waals surface area contributed by atoms with Crippen molar-refractivity contribution in [1.82, 2.24) is 0 Å². The molecule has 0 spiro atoms. The van der Waals surface area contributed by atoms with E-state index in [9.17, 15) is 0 Å². The summed E-state index contributed by atoms with van der Waals surface area (Å²) in [6, 6.07) is 22.9. The van der Waals surface area contributed by atoms with E-state index < -0.39 is 0 Å². The fourth-order valence-corrected chi connectivity index (χ4v) is 8.54. The van der Waals surface area contributed by atoms with Gasteiger partial charge in [-0.25, -0.2) is 0 Å². The van der Waals surface area contributed by atoms with Gasteiger partial charge in [0.25, 0.3) is 0 Å². The lowest BCUT2D eigenvalue weighted by atomic mass is 8.47. The Bertz CT molecular complexity index is 1230.